The number of benzene rings is 1. The van der Waals surface area contributed by atoms with Crippen LogP contribution in [0.1, 0.15) is 31.7 Å². The van der Waals surface area contributed by atoms with Crippen molar-refractivity contribution >= 4 is 0 Å². The maximum atomic E-state index is 14.0. The highest BCUT2D eigenvalue weighted by Crippen LogP contribution is 2.33. The average molecular weight is 292 g/mol. The maximum absolute atomic E-state index is 14.0. The van der Waals surface area contributed by atoms with E-state index < -0.39 is 11.6 Å². The predicted molar refractivity (Wildman–Crippen MR) is 75.9 cm³/mol. The lowest BCUT2D eigenvalue weighted by atomic mass is 9.92. The van der Waals surface area contributed by atoms with Crippen LogP contribution in [0, 0.1) is 11.6 Å². The Labute approximate surface area is 122 Å². The zero-order valence-electron chi connectivity index (χ0n) is 11.9. The molecule has 1 fully saturated rings. The van der Waals surface area contributed by atoms with Crippen LogP contribution >= 0.6 is 0 Å². The summed E-state index contributed by atoms with van der Waals surface area (Å²) in [6, 6.07) is 4.46. The van der Waals surface area contributed by atoms with Crippen LogP contribution in [0.2, 0.25) is 0 Å². The fourth-order valence-corrected chi connectivity index (χ4v) is 3.05. The second-order valence-corrected chi connectivity index (χ2v) is 5.43. The van der Waals surface area contributed by atoms with Crippen LogP contribution < -0.4 is 0 Å². The van der Waals surface area contributed by atoms with Crippen molar-refractivity contribution in [2.45, 2.75) is 37.8 Å². The molecule has 0 bridgehead atoms. The number of rotatable bonds is 3. The summed E-state index contributed by atoms with van der Waals surface area (Å²) in [4.78, 5) is 4.23. The van der Waals surface area contributed by atoms with Gasteiger partial charge in [-0.1, -0.05) is 6.07 Å². The summed E-state index contributed by atoms with van der Waals surface area (Å²) in [6.45, 7) is 0. The molecule has 0 saturated heterocycles. The molecule has 0 N–H and O–H groups in total. The van der Waals surface area contributed by atoms with Crippen molar-refractivity contribution in [3.63, 3.8) is 0 Å². The van der Waals surface area contributed by atoms with E-state index in [4.69, 9.17) is 4.74 Å². The number of nitrogens with zero attached hydrogens (tertiary/aromatic N) is 2. The summed E-state index contributed by atoms with van der Waals surface area (Å²) in [5.74, 6) is -1.19. The van der Waals surface area contributed by atoms with E-state index in [2.05, 4.69) is 4.98 Å². The number of hydrogen-bond acceptors (Lipinski definition) is 2. The monoisotopic (exact) mass is 292 g/mol. The molecule has 0 radical (unpaired) electrons. The van der Waals surface area contributed by atoms with Gasteiger partial charge in [-0.25, -0.2) is 13.8 Å². The van der Waals surface area contributed by atoms with Gasteiger partial charge in [0.15, 0.2) is 11.6 Å². The Morgan fingerprint density at radius 2 is 1.95 bits per heavy atom. The number of ether oxygens (including phenoxy) is 1. The van der Waals surface area contributed by atoms with Gasteiger partial charge >= 0.3 is 0 Å². The molecule has 1 heterocycles. The van der Waals surface area contributed by atoms with Gasteiger partial charge in [0.25, 0.3) is 0 Å². The first-order valence-corrected chi connectivity index (χ1v) is 7.20. The van der Waals surface area contributed by atoms with Gasteiger partial charge in [-0.3, -0.25) is 0 Å². The first kappa shape index (κ1) is 14.2. The lowest BCUT2D eigenvalue weighted by molar-refractivity contribution is 0.0586. The Bertz CT molecular complexity index is 618. The number of halogens is 2. The Kier molecular flexibility index (Phi) is 4.01. The normalized spacial score (nSPS) is 22.4. The number of methoxy groups -OCH3 is 1. The molecule has 3 nitrogen and oxygen atoms in total. The molecule has 5 heteroatoms. The SMILES string of the molecule is COC1CCC(n2ccnc2-c2cccc(F)c2F)CC1. The van der Waals surface area contributed by atoms with E-state index in [0.717, 1.165) is 31.7 Å². The van der Waals surface area contributed by atoms with Gasteiger partial charge in [-0.05, 0) is 37.8 Å². The molecule has 112 valence electrons. The Morgan fingerprint density at radius 3 is 2.67 bits per heavy atom. The van der Waals surface area contributed by atoms with E-state index in [9.17, 15) is 8.78 Å². The molecule has 0 spiro atoms. The highest BCUT2D eigenvalue weighted by Gasteiger charge is 2.25. The summed E-state index contributed by atoms with van der Waals surface area (Å²) in [5, 5.41) is 0. The summed E-state index contributed by atoms with van der Waals surface area (Å²) >= 11 is 0. The highest BCUT2D eigenvalue weighted by atomic mass is 19.2. The summed E-state index contributed by atoms with van der Waals surface area (Å²) in [7, 11) is 1.73. The average Bonchev–Trinajstić information content (AvgIpc) is 2.99. The number of imidazole rings is 1. The second kappa shape index (κ2) is 5.93. The second-order valence-electron chi connectivity index (χ2n) is 5.43. The Morgan fingerprint density at radius 1 is 1.19 bits per heavy atom. The van der Waals surface area contributed by atoms with Gasteiger partial charge in [0.05, 0.1) is 11.7 Å². The largest absolute Gasteiger partial charge is 0.381 e. The molecule has 1 saturated carbocycles. The third-order valence-electron chi connectivity index (χ3n) is 4.23. The third-order valence-corrected chi connectivity index (χ3v) is 4.23. The van der Waals surface area contributed by atoms with Crippen LogP contribution in [0.4, 0.5) is 8.78 Å². The molecule has 0 atom stereocenters. The molecule has 3 rings (SSSR count). The van der Waals surface area contributed by atoms with Crippen LogP contribution in [0.25, 0.3) is 11.4 Å². The minimum Gasteiger partial charge on any atom is -0.381 e. The molecule has 0 unspecified atom stereocenters. The lowest BCUT2D eigenvalue weighted by Crippen LogP contribution is -2.22. The Hall–Kier alpha value is -1.75. The van der Waals surface area contributed by atoms with Gasteiger partial charge in [0.2, 0.25) is 0 Å². The van der Waals surface area contributed by atoms with E-state index in [1.807, 2.05) is 10.8 Å². The number of aromatic nitrogens is 2. The quantitative estimate of drug-likeness (QED) is 0.856. The lowest BCUT2D eigenvalue weighted by Gasteiger charge is -2.29. The van der Waals surface area contributed by atoms with Gasteiger partial charge in [-0.2, -0.15) is 0 Å². The molecule has 0 aliphatic heterocycles. The zero-order chi connectivity index (χ0) is 14.8. The van der Waals surface area contributed by atoms with Crippen LogP contribution in [-0.4, -0.2) is 22.8 Å². The fraction of sp³-hybridized carbons (Fsp3) is 0.438. The molecular weight excluding hydrogens is 274 g/mol. The summed E-state index contributed by atoms with van der Waals surface area (Å²) < 4.78 is 34.7. The molecule has 0 amide bonds. The van der Waals surface area contributed by atoms with Crippen molar-refractivity contribution in [3.8, 4) is 11.4 Å². The van der Waals surface area contributed by atoms with Crippen molar-refractivity contribution < 1.29 is 13.5 Å². The first-order valence-electron chi connectivity index (χ1n) is 7.20. The van der Waals surface area contributed by atoms with E-state index in [0.29, 0.717) is 11.9 Å². The van der Waals surface area contributed by atoms with E-state index in [-0.39, 0.29) is 11.6 Å². The molecule has 1 aliphatic rings. The molecule has 1 aliphatic carbocycles. The predicted octanol–water partition coefficient (Wildman–Crippen LogP) is 3.96. The van der Waals surface area contributed by atoms with Crippen molar-refractivity contribution in [2.75, 3.05) is 7.11 Å². The van der Waals surface area contributed by atoms with E-state index in [1.165, 1.54) is 6.07 Å². The summed E-state index contributed by atoms with van der Waals surface area (Å²) in [6.07, 6.45) is 7.66. The van der Waals surface area contributed by atoms with E-state index >= 15 is 0 Å². The van der Waals surface area contributed by atoms with Gasteiger partial charge < -0.3 is 9.30 Å². The van der Waals surface area contributed by atoms with Crippen molar-refractivity contribution in [3.05, 3.63) is 42.2 Å². The number of hydrogen-bond donors (Lipinski definition) is 0. The highest BCUT2D eigenvalue weighted by molar-refractivity contribution is 5.56. The maximum Gasteiger partial charge on any atom is 0.169 e. The van der Waals surface area contributed by atoms with Gasteiger partial charge in [0, 0.05) is 25.5 Å². The minimum atomic E-state index is -0.842. The third kappa shape index (κ3) is 2.70. The van der Waals surface area contributed by atoms with Gasteiger partial charge in [-0.15, -0.1) is 0 Å². The van der Waals surface area contributed by atoms with Crippen molar-refractivity contribution in [1.29, 1.82) is 0 Å². The fourth-order valence-electron chi connectivity index (χ4n) is 3.05. The molecule has 2 aromatic rings. The topological polar surface area (TPSA) is 27.1 Å². The zero-order valence-corrected chi connectivity index (χ0v) is 11.9. The minimum absolute atomic E-state index is 0.217. The smallest absolute Gasteiger partial charge is 0.169 e. The molecule has 1 aromatic carbocycles. The van der Waals surface area contributed by atoms with E-state index in [1.54, 1.807) is 19.4 Å². The van der Waals surface area contributed by atoms with Crippen molar-refractivity contribution in [2.24, 2.45) is 0 Å². The summed E-state index contributed by atoms with van der Waals surface area (Å²) in [5.41, 5.74) is 0.217. The standard InChI is InChI=1S/C16H18F2N2O/c1-21-12-7-5-11(6-8-12)20-10-9-19-16(20)13-3-2-4-14(17)15(13)18/h2-4,9-12H,5-8H2,1H3. The Balaban J connectivity index is 1.90. The van der Waals surface area contributed by atoms with Crippen LogP contribution in [0.3, 0.4) is 0 Å². The van der Waals surface area contributed by atoms with Gasteiger partial charge in [0.1, 0.15) is 5.82 Å². The molecule has 1 aromatic heterocycles. The first-order chi connectivity index (χ1) is 10.2. The van der Waals surface area contributed by atoms with Crippen LogP contribution in [0.15, 0.2) is 30.6 Å². The van der Waals surface area contributed by atoms with Crippen LogP contribution in [0.5, 0.6) is 0 Å². The van der Waals surface area contributed by atoms with Crippen molar-refractivity contribution in [1.82, 2.24) is 9.55 Å². The molecular formula is C16H18F2N2O. The van der Waals surface area contributed by atoms with Crippen LogP contribution in [-0.2, 0) is 4.74 Å². The molecule has 21 heavy (non-hydrogen) atoms.